The molecule has 3 rings (SSSR count). The lowest BCUT2D eigenvalue weighted by atomic mass is 10.1. The van der Waals surface area contributed by atoms with Gasteiger partial charge in [0, 0.05) is 51.5 Å². The molecule has 0 aliphatic carbocycles. The van der Waals surface area contributed by atoms with Crippen molar-refractivity contribution in [1.82, 2.24) is 19.6 Å². The Morgan fingerprint density at radius 1 is 1.15 bits per heavy atom. The van der Waals surface area contributed by atoms with Crippen molar-refractivity contribution in [2.24, 2.45) is 7.05 Å². The van der Waals surface area contributed by atoms with Crippen LogP contribution in [0.3, 0.4) is 0 Å². The lowest BCUT2D eigenvalue weighted by molar-refractivity contribution is 0.0757. The normalized spacial score (nSPS) is 15.6. The number of benzene rings is 1. The maximum Gasteiger partial charge on any atom is 0.257 e. The summed E-state index contributed by atoms with van der Waals surface area (Å²) in [4.78, 5) is 17.3. The number of aromatic nitrogens is 2. The van der Waals surface area contributed by atoms with E-state index < -0.39 is 0 Å². The van der Waals surface area contributed by atoms with Crippen molar-refractivity contribution >= 4 is 5.91 Å². The summed E-state index contributed by atoms with van der Waals surface area (Å²) in [7, 11) is 5.06. The molecule has 0 unspecified atom stereocenters. The van der Waals surface area contributed by atoms with Gasteiger partial charge in [0.25, 0.3) is 5.91 Å². The third kappa shape index (κ3) is 3.99. The van der Waals surface area contributed by atoms with Crippen LogP contribution in [-0.2, 0) is 13.6 Å². The van der Waals surface area contributed by atoms with Crippen LogP contribution in [-0.4, -0.2) is 65.9 Å². The summed E-state index contributed by atoms with van der Waals surface area (Å²) < 4.78 is 12.6. The molecule has 2 aromatic rings. The first kappa shape index (κ1) is 18.3. The summed E-state index contributed by atoms with van der Waals surface area (Å²) in [6.07, 6.45) is 4.88. The summed E-state index contributed by atoms with van der Waals surface area (Å²) in [5, 5.41) is 4.22. The first-order valence-corrected chi connectivity index (χ1v) is 8.82. The van der Waals surface area contributed by atoms with Crippen LogP contribution in [0.4, 0.5) is 0 Å². The number of hydrogen-bond acceptors (Lipinski definition) is 5. The average molecular weight is 358 g/mol. The molecular formula is C19H26N4O3. The monoisotopic (exact) mass is 358 g/mol. The van der Waals surface area contributed by atoms with Crippen molar-refractivity contribution in [2.45, 2.75) is 13.0 Å². The number of amides is 1. The van der Waals surface area contributed by atoms with Gasteiger partial charge < -0.3 is 14.4 Å². The molecule has 2 heterocycles. The Hall–Kier alpha value is -2.54. The largest absolute Gasteiger partial charge is 0.493 e. The summed E-state index contributed by atoms with van der Waals surface area (Å²) >= 11 is 0. The summed E-state index contributed by atoms with van der Waals surface area (Å²) in [5.74, 6) is 1.06. The summed E-state index contributed by atoms with van der Waals surface area (Å²) in [6.45, 7) is 4.10. The molecule has 1 amide bonds. The number of rotatable bonds is 5. The molecule has 1 fully saturated rings. The van der Waals surface area contributed by atoms with Gasteiger partial charge in [-0.3, -0.25) is 14.4 Å². The van der Waals surface area contributed by atoms with Gasteiger partial charge >= 0.3 is 0 Å². The van der Waals surface area contributed by atoms with Crippen molar-refractivity contribution in [3.63, 3.8) is 0 Å². The predicted molar refractivity (Wildman–Crippen MR) is 98.6 cm³/mol. The van der Waals surface area contributed by atoms with E-state index in [0.29, 0.717) is 23.6 Å². The highest BCUT2D eigenvalue weighted by molar-refractivity contribution is 5.97. The zero-order valence-corrected chi connectivity index (χ0v) is 15.6. The molecule has 0 bridgehead atoms. The molecule has 7 nitrogen and oxygen atoms in total. The second-order valence-corrected chi connectivity index (χ2v) is 6.49. The van der Waals surface area contributed by atoms with Crippen molar-refractivity contribution in [1.29, 1.82) is 0 Å². The molecule has 1 aromatic heterocycles. The minimum absolute atomic E-state index is 0.0102. The van der Waals surface area contributed by atoms with E-state index in [4.69, 9.17) is 9.47 Å². The third-order valence-electron chi connectivity index (χ3n) is 4.67. The van der Waals surface area contributed by atoms with Crippen LogP contribution in [0, 0.1) is 0 Å². The number of carbonyl (C=O) groups is 1. The van der Waals surface area contributed by atoms with Gasteiger partial charge in [-0.05, 0) is 18.6 Å². The van der Waals surface area contributed by atoms with E-state index in [0.717, 1.165) is 32.6 Å². The molecule has 7 heteroatoms. The number of nitrogens with zero attached hydrogens (tertiary/aromatic N) is 4. The fraction of sp³-hybridized carbons (Fsp3) is 0.474. The molecule has 26 heavy (non-hydrogen) atoms. The van der Waals surface area contributed by atoms with E-state index in [2.05, 4.69) is 10.00 Å². The fourth-order valence-electron chi connectivity index (χ4n) is 3.37. The minimum atomic E-state index is -0.0102. The quantitative estimate of drug-likeness (QED) is 0.815. The van der Waals surface area contributed by atoms with E-state index in [1.807, 2.05) is 35.1 Å². The minimum Gasteiger partial charge on any atom is -0.493 e. The molecule has 1 aliphatic rings. The van der Waals surface area contributed by atoms with Crippen LogP contribution < -0.4 is 9.47 Å². The van der Waals surface area contributed by atoms with Gasteiger partial charge in [-0.1, -0.05) is 6.07 Å². The van der Waals surface area contributed by atoms with Crippen molar-refractivity contribution < 1.29 is 14.3 Å². The smallest absolute Gasteiger partial charge is 0.257 e. The Bertz CT molecular complexity index is 759. The lowest BCUT2D eigenvalue weighted by Crippen LogP contribution is -2.35. The number of carbonyl (C=O) groups excluding carboxylic acids is 1. The fourth-order valence-corrected chi connectivity index (χ4v) is 3.37. The number of para-hydroxylation sites is 1. The second kappa shape index (κ2) is 8.23. The predicted octanol–water partition coefficient (Wildman–Crippen LogP) is 1.79. The van der Waals surface area contributed by atoms with Crippen LogP contribution in [0.1, 0.15) is 22.3 Å². The molecule has 1 aliphatic heterocycles. The van der Waals surface area contributed by atoms with Gasteiger partial charge in [-0.15, -0.1) is 0 Å². The van der Waals surface area contributed by atoms with E-state index in [-0.39, 0.29) is 5.91 Å². The Labute approximate surface area is 154 Å². The van der Waals surface area contributed by atoms with Crippen molar-refractivity contribution in [3.05, 3.63) is 41.7 Å². The molecule has 0 spiro atoms. The Balaban J connectivity index is 1.68. The molecule has 0 saturated carbocycles. The van der Waals surface area contributed by atoms with E-state index >= 15 is 0 Å². The molecule has 0 radical (unpaired) electrons. The van der Waals surface area contributed by atoms with Crippen molar-refractivity contribution in [3.8, 4) is 11.5 Å². The van der Waals surface area contributed by atoms with E-state index in [1.165, 1.54) is 5.56 Å². The molecule has 140 valence electrons. The second-order valence-electron chi connectivity index (χ2n) is 6.49. The molecule has 0 N–H and O–H groups in total. The number of hydrogen-bond donors (Lipinski definition) is 0. The Kier molecular flexibility index (Phi) is 5.78. The molecule has 1 aromatic carbocycles. The van der Waals surface area contributed by atoms with Crippen LogP contribution in [0.2, 0.25) is 0 Å². The maximum atomic E-state index is 13.0. The number of methoxy groups -OCH3 is 2. The van der Waals surface area contributed by atoms with Crippen molar-refractivity contribution in [2.75, 3.05) is 40.4 Å². The average Bonchev–Trinajstić information content (AvgIpc) is 2.92. The highest BCUT2D eigenvalue weighted by Crippen LogP contribution is 2.31. The van der Waals surface area contributed by atoms with Crippen LogP contribution in [0.25, 0.3) is 0 Å². The van der Waals surface area contributed by atoms with Gasteiger partial charge in [0.05, 0.1) is 26.0 Å². The highest BCUT2D eigenvalue weighted by atomic mass is 16.5. The van der Waals surface area contributed by atoms with Crippen LogP contribution >= 0.6 is 0 Å². The standard InChI is InChI=1S/C19H26N4O3/c1-21-13-15(12-20-21)14-22-8-5-9-23(11-10-22)19(24)16-6-4-7-17(25-2)18(16)26-3/h4,6-7,12-13H,5,8-11,14H2,1-3H3. The first-order chi connectivity index (χ1) is 12.6. The third-order valence-corrected chi connectivity index (χ3v) is 4.67. The van der Waals surface area contributed by atoms with Crippen LogP contribution in [0.15, 0.2) is 30.6 Å². The summed E-state index contributed by atoms with van der Waals surface area (Å²) in [6, 6.07) is 5.41. The molecule has 0 atom stereocenters. The van der Waals surface area contributed by atoms with Crippen LogP contribution in [0.5, 0.6) is 11.5 Å². The van der Waals surface area contributed by atoms with Gasteiger partial charge in [0.2, 0.25) is 0 Å². The summed E-state index contributed by atoms with van der Waals surface area (Å²) in [5.41, 5.74) is 1.74. The Morgan fingerprint density at radius 2 is 2.00 bits per heavy atom. The molecule has 1 saturated heterocycles. The van der Waals surface area contributed by atoms with Gasteiger partial charge in [-0.25, -0.2) is 0 Å². The SMILES string of the molecule is COc1cccc(C(=O)N2CCCN(Cc3cnn(C)c3)CC2)c1OC. The zero-order chi connectivity index (χ0) is 18.5. The topological polar surface area (TPSA) is 59.8 Å². The number of ether oxygens (including phenoxy) is 2. The number of aryl methyl sites for hydroxylation is 1. The highest BCUT2D eigenvalue weighted by Gasteiger charge is 2.24. The van der Waals surface area contributed by atoms with Gasteiger partial charge in [-0.2, -0.15) is 5.10 Å². The Morgan fingerprint density at radius 3 is 2.69 bits per heavy atom. The lowest BCUT2D eigenvalue weighted by Gasteiger charge is -2.23. The van der Waals surface area contributed by atoms with Gasteiger partial charge in [0.15, 0.2) is 11.5 Å². The van der Waals surface area contributed by atoms with E-state index in [9.17, 15) is 4.79 Å². The van der Waals surface area contributed by atoms with E-state index in [1.54, 1.807) is 26.4 Å². The van der Waals surface area contributed by atoms with Gasteiger partial charge in [0.1, 0.15) is 0 Å². The zero-order valence-electron chi connectivity index (χ0n) is 15.6. The molecular weight excluding hydrogens is 332 g/mol. The maximum absolute atomic E-state index is 13.0. The first-order valence-electron chi connectivity index (χ1n) is 8.82.